The van der Waals surface area contributed by atoms with Gasteiger partial charge in [0.25, 0.3) is 0 Å². The lowest BCUT2D eigenvalue weighted by Crippen LogP contribution is -2.30. The highest BCUT2D eigenvalue weighted by Crippen LogP contribution is 2.32. The largest absolute Gasteiger partial charge is 0.454 e. The zero-order valence-electron chi connectivity index (χ0n) is 13.3. The summed E-state index contributed by atoms with van der Waals surface area (Å²) in [6.07, 6.45) is 0. The van der Waals surface area contributed by atoms with Gasteiger partial charge in [0.15, 0.2) is 21.3 Å². The Hall–Kier alpha value is -2.72. The van der Waals surface area contributed by atoms with Crippen molar-refractivity contribution in [1.82, 2.24) is 14.1 Å². The van der Waals surface area contributed by atoms with Crippen LogP contribution in [0.4, 0.5) is 0 Å². The lowest BCUT2D eigenvalue weighted by Gasteiger charge is -2.07. The second-order valence-electron chi connectivity index (χ2n) is 5.61. The number of carbonyl (C=O) groups is 1. The van der Waals surface area contributed by atoms with Crippen LogP contribution in [0, 0.1) is 0 Å². The first-order valence-corrected chi connectivity index (χ1v) is 10.0. The molecule has 0 saturated carbocycles. The van der Waals surface area contributed by atoms with Crippen LogP contribution in [0.15, 0.2) is 41.3 Å². The van der Waals surface area contributed by atoms with Crippen molar-refractivity contribution in [2.24, 2.45) is 0 Å². The van der Waals surface area contributed by atoms with Gasteiger partial charge in [-0.25, -0.2) is 8.42 Å². The summed E-state index contributed by atoms with van der Waals surface area (Å²) in [7, 11) is -3.82. The fourth-order valence-electron chi connectivity index (χ4n) is 2.59. The van der Waals surface area contributed by atoms with Crippen molar-refractivity contribution in [1.29, 1.82) is 0 Å². The second kappa shape index (κ2) is 6.54. The Labute approximate surface area is 153 Å². The lowest BCUT2D eigenvalue weighted by molar-refractivity contribution is -0.118. The van der Waals surface area contributed by atoms with Gasteiger partial charge >= 0.3 is 0 Å². The molecule has 1 aliphatic heterocycles. The third kappa shape index (κ3) is 3.20. The highest BCUT2D eigenvalue weighted by molar-refractivity contribution is 7.92. The Morgan fingerprint density at radius 3 is 2.88 bits per heavy atom. The Kier molecular flexibility index (Phi) is 4.21. The highest BCUT2D eigenvalue weighted by Gasteiger charge is 2.23. The minimum Gasteiger partial charge on any atom is -0.454 e. The molecular weight excluding hydrogens is 378 g/mol. The average molecular weight is 391 g/mol. The molecule has 4 rings (SSSR count). The molecule has 2 aromatic carbocycles. The standard InChI is InChI=1S/C16H13N3O5S2/c20-15(17-7-10-4-5-12-13(6-10)24-9-23-12)8-26(21,22)14-3-1-2-11-16(14)19-25-18-11/h1-6H,7-9H2,(H,17,20). The third-order valence-corrected chi connectivity index (χ3v) is 6.02. The predicted molar refractivity (Wildman–Crippen MR) is 93.9 cm³/mol. The molecule has 0 atom stereocenters. The van der Waals surface area contributed by atoms with Crippen LogP contribution in [0.2, 0.25) is 0 Å². The molecule has 0 unspecified atom stereocenters. The van der Waals surface area contributed by atoms with E-state index in [1.54, 1.807) is 30.3 Å². The first-order chi connectivity index (χ1) is 12.5. The van der Waals surface area contributed by atoms with E-state index in [0.717, 1.165) is 17.3 Å². The van der Waals surface area contributed by atoms with Gasteiger partial charge in [-0.15, -0.1) is 0 Å². The summed E-state index contributed by atoms with van der Waals surface area (Å²) in [5, 5.41) is 2.61. The maximum absolute atomic E-state index is 12.6. The molecule has 26 heavy (non-hydrogen) atoms. The van der Waals surface area contributed by atoms with Gasteiger partial charge in [-0.3, -0.25) is 4.79 Å². The van der Waals surface area contributed by atoms with Crippen LogP contribution in [-0.4, -0.2) is 35.6 Å². The van der Waals surface area contributed by atoms with Gasteiger partial charge in [0.2, 0.25) is 12.7 Å². The number of sulfone groups is 1. The number of rotatable bonds is 5. The van der Waals surface area contributed by atoms with Gasteiger partial charge in [-0.2, -0.15) is 8.75 Å². The van der Waals surface area contributed by atoms with E-state index < -0.39 is 21.5 Å². The van der Waals surface area contributed by atoms with Crippen molar-refractivity contribution in [3.8, 4) is 11.5 Å². The summed E-state index contributed by atoms with van der Waals surface area (Å²) in [5.74, 6) is -0.00339. The van der Waals surface area contributed by atoms with E-state index in [9.17, 15) is 13.2 Å². The van der Waals surface area contributed by atoms with Gasteiger partial charge in [0.05, 0.1) is 16.6 Å². The number of nitrogens with zero attached hydrogens (tertiary/aromatic N) is 2. The zero-order valence-corrected chi connectivity index (χ0v) is 15.0. The normalized spacial score (nSPS) is 13.1. The van der Waals surface area contributed by atoms with E-state index in [0.29, 0.717) is 22.5 Å². The van der Waals surface area contributed by atoms with Crippen molar-refractivity contribution in [2.45, 2.75) is 11.4 Å². The van der Waals surface area contributed by atoms with Crippen molar-refractivity contribution >= 4 is 38.5 Å². The monoisotopic (exact) mass is 391 g/mol. The van der Waals surface area contributed by atoms with E-state index in [2.05, 4.69) is 14.1 Å². The molecule has 3 aromatic rings. The Balaban J connectivity index is 1.45. The number of carbonyl (C=O) groups excluding carboxylic acids is 1. The Bertz CT molecular complexity index is 1090. The summed E-state index contributed by atoms with van der Waals surface area (Å²) in [6, 6.07) is 9.97. The molecule has 8 nitrogen and oxygen atoms in total. The quantitative estimate of drug-likeness (QED) is 0.702. The average Bonchev–Trinajstić information content (AvgIpc) is 3.27. The fourth-order valence-corrected chi connectivity index (χ4v) is 4.53. The minimum atomic E-state index is -3.82. The molecule has 1 N–H and O–H groups in total. The van der Waals surface area contributed by atoms with Gasteiger partial charge in [0, 0.05) is 6.54 Å². The Morgan fingerprint density at radius 2 is 2.00 bits per heavy atom. The Morgan fingerprint density at radius 1 is 1.15 bits per heavy atom. The third-order valence-electron chi connectivity index (χ3n) is 3.83. The number of nitrogens with one attached hydrogen (secondary N) is 1. The van der Waals surface area contributed by atoms with Crippen LogP contribution < -0.4 is 14.8 Å². The van der Waals surface area contributed by atoms with E-state index in [1.807, 2.05) is 0 Å². The predicted octanol–water partition coefficient (Wildman–Crippen LogP) is 1.51. The molecule has 2 heterocycles. The van der Waals surface area contributed by atoms with Crippen LogP contribution >= 0.6 is 11.7 Å². The van der Waals surface area contributed by atoms with Crippen LogP contribution in [0.5, 0.6) is 11.5 Å². The zero-order chi connectivity index (χ0) is 18.1. The van der Waals surface area contributed by atoms with Gasteiger partial charge < -0.3 is 14.8 Å². The van der Waals surface area contributed by atoms with Gasteiger partial charge in [0.1, 0.15) is 16.8 Å². The molecule has 0 saturated heterocycles. The molecule has 0 spiro atoms. The number of hydrogen-bond donors (Lipinski definition) is 1. The molecule has 10 heteroatoms. The first kappa shape index (κ1) is 16.7. The van der Waals surface area contributed by atoms with Gasteiger partial charge in [-0.1, -0.05) is 12.1 Å². The summed E-state index contributed by atoms with van der Waals surface area (Å²) >= 11 is 0.932. The lowest BCUT2D eigenvalue weighted by atomic mass is 10.2. The summed E-state index contributed by atoms with van der Waals surface area (Å²) in [6.45, 7) is 0.355. The van der Waals surface area contributed by atoms with Gasteiger partial charge in [-0.05, 0) is 29.8 Å². The summed E-state index contributed by atoms with van der Waals surface area (Å²) in [4.78, 5) is 12.1. The fraction of sp³-hybridized carbons (Fsp3) is 0.188. The molecular formula is C16H13N3O5S2. The maximum Gasteiger partial charge on any atom is 0.235 e. The molecule has 0 aliphatic carbocycles. The number of fused-ring (bicyclic) bond motifs is 2. The SMILES string of the molecule is O=C(CS(=O)(=O)c1cccc2nsnc12)NCc1ccc2c(c1)OCO2. The molecule has 0 bridgehead atoms. The molecule has 1 amide bonds. The molecule has 0 fully saturated rings. The van der Waals surface area contributed by atoms with E-state index in [4.69, 9.17) is 9.47 Å². The summed E-state index contributed by atoms with van der Waals surface area (Å²) in [5.41, 5.74) is 1.57. The molecule has 0 radical (unpaired) electrons. The van der Waals surface area contributed by atoms with Crippen LogP contribution in [0.1, 0.15) is 5.56 Å². The number of aromatic nitrogens is 2. The topological polar surface area (TPSA) is 107 Å². The van der Waals surface area contributed by atoms with Crippen molar-refractivity contribution in [3.63, 3.8) is 0 Å². The second-order valence-corrected chi connectivity index (χ2v) is 8.10. The van der Waals surface area contributed by atoms with E-state index in [-0.39, 0.29) is 18.2 Å². The number of benzene rings is 2. The van der Waals surface area contributed by atoms with Crippen LogP contribution in [-0.2, 0) is 21.2 Å². The number of ether oxygens (including phenoxy) is 2. The molecule has 1 aliphatic rings. The van der Waals surface area contributed by atoms with Crippen LogP contribution in [0.25, 0.3) is 11.0 Å². The number of amides is 1. The highest BCUT2D eigenvalue weighted by atomic mass is 32.2. The van der Waals surface area contributed by atoms with Crippen molar-refractivity contribution < 1.29 is 22.7 Å². The van der Waals surface area contributed by atoms with Crippen LogP contribution in [0.3, 0.4) is 0 Å². The van der Waals surface area contributed by atoms with Crippen molar-refractivity contribution in [3.05, 3.63) is 42.0 Å². The smallest absolute Gasteiger partial charge is 0.235 e. The summed E-state index contributed by atoms with van der Waals surface area (Å²) < 4.78 is 43.6. The van der Waals surface area contributed by atoms with Crippen molar-refractivity contribution in [2.75, 3.05) is 12.5 Å². The molecule has 1 aromatic heterocycles. The number of hydrogen-bond acceptors (Lipinski definition) is 8. The van der Waals surface area contributed by atoms with E-state index >= 15 is 0 Å². The van der Waals surface area contributed by atoms with E-state index in [1.165, 1.54) is 6.07 Å². The molecule has 134 valence electrons. The maximum atomic E-state index is 12.6. The first-order valence-electron chi connectivity index (χ1n) is 7.62. The minimum absolute atomic E-state index is 0.0157.